The van der Waals surface area contributed by atoms with Crippen LogP contribution in [0.25, 0.3) is 0 Å². The Balaban J connectivity index is 2.99. The Morgan fingerprint density at radius 1 is 1.73 bits per heavy atom. The van der Waals surface area contributed by atoms with Crippen molar-refractivity contribution in [3.8, 4) is 0 Å². The molecule has 1 heterocycles. The van der Waals surface area contributed by atoms with Gasteiger partial charge < -0.3 is 15.4 Å². The minimum absolute atomic E-state index is 0.00589. The smallest absolute Gasteiger partial charge is 0.266 e. The molecule has 84 valence electrons. The number of aliphatic hydroxyl groups is 1. The summed E-state index contributed by atoms with van der Waals surface area (Å²) in [5.74, 6) is 0.512. The molecule has 0 fully saturated rings. The van der Waals surface area contributed by atoms with Crippen molar-refractivity contribution >= 4 is 28.4 Å². The van der Waals surface area contributed by atoms with Crippen LogP contribution in [-0.4, -0.2) is 27.2 Å². The highest BCUT2D eigenvalue weighted by Gasteiger charge is 2.22. The van der Waals surface area contributed by atoms with Crippen LogP contribution in [0.4, 0.5) is 5.82 Å². The number of hydrogen-bond acceptors (Lipinski definition) is 4. The molecule has 0 bridgehead atoms. The van der Waals surface area contributed by atoms with Crippen molar-refractivity contribution in [3.05, 3.63) is 20.3 Å². The van der Waals surface area contributed by atoms with Crippen LogP contribution in [-0.2, 0) is 0 Å². The van der Waals surface area contributed by atoms with Crippen molar-refractivity contribution in [3.63, 3.8) is 0 Å². The fraction of sp³-hybridized carbons (Fsp3) is 0.556. The molecular formula is C9H14IN3O2. The summed E-state index contributed by atoms with van der Waals surface area (Å²) >= 11 is 1.93. The van der Waals surface area contributed by atoms with E-state index >= 15 is 0 Å². The van der Waals surface area contributed by atoms with Gasteiger partial charge in [0.25, 0.3) is 5.56 Å². The molecule has 0 aliphatic rings. The number of aromatic nitrogens is 2. The van der Waals surface area contributed by atoms with Crippen molar-refractivity contribution in [1.82, 2.24) is 9.97 Å². The lowest BCUT2D eigenvalue weighted by atomic mass is 10.0. The number of H-pyrrole nitrogens is 1. The van der Waals surface area contributed by atoms with Gasteiger partial charge >= 0.3 is 0 Å². The Bertz CT molecular complexity index is 387. The van der Waals surface area contributed by atoms with Crippen molar-refractivity contribution < 1.29 is 5.11 Å². The molecule has 0 radical (unpaired) electrons. The van der Waals surface area contributed by atoms with Gasteiger partial charge in [0.05, 0.1) is 18.5 Å². The number of nitrogens with one attached hydrogen (secondary N) is 2. The quantitative estimate of drug-likeness (QED) is 0.721. The van der Waals surface area contributed by atoms with Gasteiger partial charge in [0.2, 0.25) is 0 Å². The highest BCUT2D eigenvalue weighted by atomic mass is 127. The minimum atomic E-state index is -0.444. The van der Waals surface area contributed by atoms with Crippen molar-refractivity contribution in [2.45, 2.75) is 25.8 Å². The Morgan fingerprint density at radius 3 is 2.93 bits per heavy atom. The van der Waals surface area contributed by atoms with Crippen molar-refractivity contribution in [2.24, 2.45) is 0 Å². The van der Waals surface area contributed by atoms with E-state index < -0.39 is 5.54 Å². The number of aromatic amines is 1. The Labute approximate surface area is 101 Å². The number of hydrogen-bond donors (Lipinski definition) is 3. The molecule has 3 N–H and O–H groups in total. The van der Waals surface area contributed by atoms with Crippen LogP contribution in [0.5, 0.6) is 0 Å². The number of aliphatic hydroxyl groups excluding tert-OH is 1. The van der Waals surface area contributed by atoms with E-state index in [1.165, 1.54) is 6.33 Å². The summed E-state index contributed by atoms with van der Waals surface area (Å²) in [4.78, 5) is 17.8. The maximum absolute atomic E-state index is 11.3. The normalized spacial score (nSPS) is 14.7. The maximum Gasteiger partial charge on any atom is 0.266 e. The molecule has 0 aromatic carbocycles. The predicted molar refractivity (Wildman–Crippen MR) is 67.0 cm³/mol. The van der Waals surface area contributed by atoms with Crippen LogP contribution in [0.15, 0.2) is 11.1 Å². The van der Waals surface area contributed by atoms with Crippen LogP contribution < -0.4 is 10.9 Å². The second-order valence-electron chi connectivity index (χ2n) is 3.59. The van der Waals surface area contributed by atoms with E-state index in [0.717, 1.165) is 6.42 Å². The number of halogens is 1. The van der Waals surface area contributed by atoms with Crippen LogP contribution in [0, 0.1) is 3.57 Å². The molecule has 0 aliphatic carbocycles. The second-order valence-corrected chi connectivity index (χ2v) is 4.67. The molecule has 1 rings (SSSR count). The lowest BCUT2D eigenvalue weighted by Gasteiger charge is -2.27. The zero-order valence-electron chi connectivity index (χ0n) is 8.67. The van der Waals surface area contributed by atoms with Crippen LogP contribution in [0.3, 0.4) is 0 Å². The molecule has 5 nitrogen and oxygen atoms in total. The largest absolute Gasteiger partial charge is 0.394 e. The lowest BCUT2D eigenvalue weighted by molar-refractivity contribution is 0.218. The molecule has 0 aliphatic heterocycles. The maximum atomic E-state index is 11.3. The van der Waals surface area contributed by atoms with Crippen LogP contribution >= 0.6 is 22.6 Å². The van der Waals surface area contributed by atoms with Gasteiger partial charge in [-0.2, -0.15) is 0 Å². The van der Waals surface area contributed by atoms with Gasteiger partial charge in [-0.15, -0.1) is 0 Å². The second kappa shape index (κ2) is 4.93. The number of nitrogens with zero attached hydrogens (tertiary/aromatic N) is 1. The van der Waals surface area contributed by atoms with E-state index in [4.69, 9.17) is 0 Å². The summed E-state index contributed by atoms with van der Waals surface area (Å²) in [5.41, 5.74) is -0.620. The molecule has 1 unspecified atom stereocenters. The van der Waals surface area contributed by atoms with E-state index in [0.29, 0.717) is 9.39 Å². The summed E-state index contributed by atoms with van der Waals surface area (Å²) in [6.45, 7) is 3.84. The molecule has 0 saturated heterocycles. The monoisotopic (exact) mass is 323 g/mol. The van der Waals surface area contributed by atoms with Gasteiger partial charge in [-0.05, 0) is 35.9 Å². The molecule has 1 aromatic rings. The van der Waals surface area contributed by atoms with Gasteiger partial charge in [-0.1, -0.05) is 6.92 Å². The minimum Gasteiger partial charge on any atom is -0.394 e. The van der Waals surface area contributed by atoms with Gasteiger partial charge in [-0.3, -0.25) is 4.79 Å². The SMILES string of the molecule is CCC(C)(CO)Nc1nc[nH]c(=O)c1I. The van der Waals surface area contributed by atoms with Gasteiger partial charge in [0.15, 0.2) is 0 Å². The zero-order valence-corrected chi connectivity index (χ0v) is 10.8. The van der Waals surface area contributed by atoms with E-state index in [1.54, 1.807) is 0 Å². The third kappa shape index (κ3) is 2.91. The first-order chi connectivity index (χ1) is 7.02. The Morgan fingerprint density at radius 2 is 2.40 bits per heavy atom. The summed E-state index contributed by atoms with van der Waals surface area (Å²) in [5, 5.41) is 12.3. The third-order valence-electron chi connectivity index (χ3n) is 2.35. The fourth-order valence-electron chi connectivity index (χ4n) is 0.996. The highest BCUT2D eigenvalue weighted by molar-refractivity contribution is 14.1. The van der Waals surface area contributed by atoms with E-state index in [2.05, 4.69) is 15.3 Å². The van der Waals surface area contributed by atoms with Crippen LogP contribution in [0.1, 0.15) is 20.3 Å². The molecule has 1 atom stereocenters. The molecule has 15 heavy (non-hydrogen) atoms. The highest BCUT2D eigenvalue weighted by Crippen LogP contribution is 2.18. The Hall–Kier alpha value is -0.630. The number of anilines is 1. The van der Waals surface area contributed by atoms with E-state index in [1.807, 2.05) is 36.4 Å². The van der Waals surface area contributed by atoms with E-state index in [9.17, 15) is 9.90 Å². The summed E-state index contributed by atoms with van der Waals surface area (Å²) in [6, 6.07) is 0. The Kier molecular flexibility index (Phi) is 4.09. The zero-order chi connectivity index (χ0) is 11.5. The van der Waals surface area contributed by atoms with Gasteiger partial charge in [0, 0.05) is 0 Å². The van der Waals surface area contributed by atoms with Crippen molar-refractivity contribution in [2.75, 3.05) is 11.9 Å². The lowest BCUT2D eigenvalue weighted by Crippen LogP contribution is -2.39. The molecular weight excluding hydrogens is 309 g/mol. The topological polar surface area (TPSA) is 78.0 Å². The molecule has 0 saturated carbocycles. The first kappa shape index (κ1) is 12.4. The van der Waals surface area contributed by atoms with Gasteiger partial charge in [-0.25, -0.2) is 4.98 Å². The third-order valence-corrected chi connectivity index (χ3v) is 3.35. The summed E-state index contributed by atoms with van der Waals surface area (Å²) < 4.78 is 0.503. The molecule has 1 aromatic heterocycles. The fourth-order valence-corrected chi connectivity index (χ4v) is 1.43. The average Bonchev–Trinajstić information content (AvgIpc) is 2.25. The standard InChI is InChI=1S/C9H14IN3O2/c1-3-9(2,4-14)13-7-6(10)8(15)12-5-11-7/h5,14H,3-4H2,1-2H3,(H2,11,12,13,15). The van der Waals surface area contributed by atoms with Crippen LogP contribution in [0.2, 0.25) is 0 Å². The summed E-state index contributed by atoms with van der Waals surface area (Å²) in [6.07, 6.45) is 2.09. The average molecular weight is 323 g/mol. The number of rotatable bonds is 4. The summed E-state index contributed by atoms with van der Waals surface area (Å²) in [7, 11) is 0. The van der Waals surface area contributed by atoms with E-state index in [-0.39, 0.29) is 12.2 Å². The van der Waals surface area contributed by atoms with Gasteiger partial charge in [0.1, 0.15) is 9.39 Å². The molecule has 6 heteroatoms. The first-order valence-corrected chi connectivity index (χ1v) is 5.72. The van der Waals surface area contributed by atoms with Crippen molar-refractivity contribution in [1.29, 1.82) is 0 Å². The molecule has 0 amide bonds. The first-order valence-electron chi connectivity index (χ1n) is 4.64. The predicted octanol–water partition coefficient (Wildman–Crippen LogP) is 0.947. The molecule has 0 spiro atoms.